The lowest BCUT2D eigenvalue weighted by atomic mass is 10.1. The number of benzene rings is 2. The van der Waals surface area contributed by atoms with Gasteiger partial charge in [0, 0.05) is 24.9 Å². The molecule has 4 aromatic rings. The highest BCUT2D eigenvalue weighted by Gasteiger charge is 2.32. The van der Waals surface area contributed by atoms with E-state index in [9.17, 15) is 18.3 Å². The number of rotatable bonds is 10. The second-order valence-electron chi connectivity index (χ2n) is 9.51. The van der Waals surface area contributed by atoms with Crippen LogP contribution in [0.3, 0.4) is 0 Å². The Bertz CT molecular complexity index is 1600. The van der Waals surface area contributed by atoms with Gasteiger partial charge in [0.1, 0.15) is 5.82 Å². The largest absolute Gasteiger partial charge is 0.492 e. The van der Waals surface area contributed by atoms with Gasteiger partial charge in [0.25, 0.3) is 5.56 Å². The zero-order valence-electron chi connectivity index (χ0n) is 22.6. The molecule has 0 spiro atoms. The Morgan fingerprint density at radius 1 is 0.949 bits per heavy atom. The lowest BCUT2D eigenvalue weighted by molar-refractivity contribution is 0.165. The van der Waals surface area contributed by atoms with Crippen LogP contribution in [0.1, 0.15) is 48.6 Å². The van der Waals surface area contributed by atoms with Gasteiger partial charge in [-0.3, -0.25) is 14.3 Å². The number of aromatic nitrogens is 3. The van der Waals surface area contributed by atoms with E-state index in [1.807, 2.05) is 63.2 Å². The van der Waals surface area contributed by atoms with Gasteiger partial charge in [-0.1, -0.05) is 55.8 Å². The molecule has 2 heterocycles. The lowest BCUT2D eigenvalue weighted by Gasteiger charge is -2.24. The normalized spacial score (nSPS) is 12.4. The molecular formula is C30H33N3O5S. The van der Waals surface area contributed by atoms with E-state index < -0.39 is 32.2 Å². The van der Waals surface area contributed by atoms with Gasteiger partial charge >= 0.3 is 0 Å². The van der Waals surface area contributed by atoms with E-state index in [0.29, 0.717) is 18.7 Å². The van der Waals surface area contributed by atoms with Crippen LogP contribution < -0.4 is 5.56 Å². The number of sulfone groups is 1. The molecule has 1 N–H and O–H groups in total. The second-order valence-corrected chi connectivity index (χ2v) is 11.4. The Morgan fingerprint density at radius 3 is 2.18 bits per heavy atom. The number of methoxy groups -OCH3 is 1. The quantitative estimate of drug-likeness (QED) is 0.296. The maximum Gasteiger partial charge on any atom is 0.277 e. The Morgan fingerprint density at radius 2 is 1.59 bits per heavy atom. The van der Waals surface area contributed by atoms with Crippen LogP contribution in [0.25, 0.3) is 11.1 Å². The van der Waals surface area contributed by atoms with E-state index in [1.165, 1.54) is 23.8 Å². The Balaban J connectivity index is 1.86. The van der Waals surface area contributed by atoms with Crippen LogP contribution in [0, 0.1) is 13.8 Å². The zero-order valence-corrected chi connectivity index (χ0v) is 23.4. The van der Waals surface area contributed by atoms with Crippen LogP contribution in [0.5, 0.6) is 5.88 Å². The third-order valence-electron chi connectivity index (χ3n) is 6.55. The van der Waals surface area contributed by atoms with E-state index in [1.54, 1.807) is 12.1 Å². The van der Waals surface area contributed by atoms with E-state index in [4.69, 9.17) is 4.74 Å². The topological polar surface area (TPSA) is 111 Å². The summed E-state index contributed by atoms with van der Waals surface area (Å²) in [6.07, 6.45) is 1.94. The first-order valence-corrected chi connectivity index (χ1v) is 14.3. The molecule has 4 rings (SSSR count). The van der Waals surface area contributed by atoms with Crippen molar-refractivity contribution in [2.45, 2.75) is 55.9 Å². The molecule has 39 heavy (non-hydrogen) atoms. The van der Waals surface area contributed by atoms with Crippen molar-refractivity contribution in [1.82, 2.24) is 14.5 Å². The third kappa shape index (κ3) is 5.94. The second kappa shape index (κ2) is 11.9. The summed E-state index contributed by atoms with van der Waals surface area (Å²) in [6.45, 7) is 5.91. The predicted octanol–water partition coefficient (Wildman–Crippen LogP) is 5.04. The van der Waals surface area contributed by atoms with Gasteiger partial charge in [-0.2, -0.15) is 4.98 Å². The van der Waals surface area contributed by atoms with Crippen molar-refractivity contribution in [3.8, 4) is 17.0 Å². The molecule has 1 unspecified atom stereocenters. The summed E-state index contributed by atoms with van der Waals surface area (Å²) in [5.41, 5.74) is 3.35. The van der Waals surface area contributed by atoms with Gasteiger partial charge in [-0.05, 0) is 61.2 Å². The molecule has 0 aliphatic heterocycles. The van der Waals surface area contributed by atoms with E-state index in [0.717, 1.165) is 34.5 Å². The summed E-state index contributed by atoms with van der Waals surface area (Å²) < 4.78 is 34.3. The highest BCUT2D eigenvalue weighted by atomic mass is 32.2. The fraction of sp³-hybridized carbons (Fsp3) is 0.300. The van der Waals surface area contributed by atoms with Gasteiger partial charge in [0.2, 0.25) is 15.7 Å². The smallest absolute Gasteiger partial charge is 0.277 e. The standard InChI is InChI=1S/C30H33N3O5S/c1-5-6-12-27-32-29(34)28(30(35)33(27)26(19-38-4)23-10-8-7-9-11-23)39(36,37)25-15-13-22(14-16-25)24-17-20(2)31-21(3)18-24/h7-11,13-18,26,34H,5-6,12,19H2,1-4H3. The molecule has 0 fully saturated rings. The van der Waals surface area contributed by atoms with Crippen molar-refractivity contribution < 1.29 is 18.3 Å². The minimum Gasteiger partial charge on any atom is -0.492 e. The molecule has 2 aromatic carbocycles. The average molecular weight is 548 g/mol. The van der Waals surface area contributed by atoms with Crippen molar-refractivity contribution >= 4 is 9.84 Å². The van der Waals surface area contributed by atoms with Crippen LogP contribution in [0.4, 0.5) is 0 Å². The van der Waals surface area contributed by atoms with Gasteiger partial charge in [-0.15, -0.1) is 0 Å². The van der Waals surface area contributed by atoms with Crippen molar-refractivity contribution in [3.05, 3.63) is 99.9 Å². The minimum absolute atomic E-state index is 0.112. The van der Waals surface area contributed by atoms with Crippen LogP contribution >= 0.6 is 0 Å². The molecule has 0 saturated heterocycles. The molecule has 0 amide bonds. The van der Waals surface area contributed by atoms with Gasteiger partial charge in [0.05, 0.1) is 17.5 Å². The van der Waals surface area contributed by atoms with E-state index >= 15 is 0 Å². The van der Waals surface area contributed by atoms with Crippen LogP contribution in [-0.2, 0) is 21.0 Å². The van der Waals surface area contributed by atoms with Gasteiger partial charge in [-0.25, -0.2) is 8.42 Å². The molecule has 204 valence electrons. The molecule has 0 saturated carbocycles. The number of nitrogens with zero attached hydrogens (tertiary/aromatic N) is 3. The highest BCUT2D eigenvalue weighted by Crippen LogP contribution is 2.29. The van der Waals surface area contributed by atoms with Crippen LogP contribution in [-0.4, -0.2) is 41.8 Å². The molecule has 0 aliphatic carbocycles. The van der Waals surface area contributed by atoms with E-state index in [-0.39, 0.29) is 11.5 Å². The van der Waals surface area contributed by atoms with Gasteiger partial charge in [0.15, 0.2) is 4.90 Å². The van der Waals surface area contributed by atoms with Crippen molar-refractivity contribution in [2.24, 2.45) is 0 Å². The molecular weight excluding hydrogens is 514 g/mol. The first-order chi connectivity index (χ1) is 18.7. The average Bonchev–Trinajstić information content (AvgIpc) is 2.91. The monoisotopic (exact) mass is 547 g/mol. The molecule has 0 bridgehead atoms. The predicted molar refractivity (Wildman–Crippen MR) is 150 cm³/mol. The molecule has 2 aromatic heterocycles. The SMILES string of the molecule is CCCCc1nc(O)c(S(=O)(=O)c2ccc(-c3cc(C)nc(C)c3)cc2)c(=O)n1C(COC)c1ccccc1. The van der Waals surface area contributed by atoms with E-state index in [2.05, 4.69) is 9.97 Å². The fourth-order valence-electron chi connectivity index (χ4n) is 4.72. The first-order valence-electron chi connectivity index (χ1n) is 12.9. The van der Waals surface area contributed by atoms with Crippen molar-refractivity contribution in [3.63, 3.8) is 0 Å². The number of hydrogen-bond donors (Lipinski definition) is 1. The molecule has 1 atom stereocenters. The number of aryl methyl sites for hydroxylation is 3. The summed E-state index contributed by atoms with van der Waals surface area (Å²) in [5, 5.41) is 10.8. The van der Waals surface area contributed by atoms with Crippen molar-refractivity contribution in [1.29, 1.82) is 0 Å². The Hall–Kier alpha value is -3.82. The van der Waals surface area contributed by atoms with Crippen LogP contribution in [0.2, 0.25) is 0 Å². The summed E-state index contributed by atoms with van der Waals surface area (Å²) in [6, 6.07) is 18.7. The lowest BCUT2D eigenvalue weighted by Crippen LogP contribution is -2.35. The Labute approximate surface area is 228 Å². The minimum atomic E-state index is -4.41. The summed E-state index contributed by atoms with van der Waals surface area (Å²) in [5.74, 6) is -0.487. The fourth-order valence-corrected chi connectivity index (χ4v) is 6.06. The molecule has 0 aliphatic rings. The maximum atomic E-state index is 14.0. The maximum absolute atomic E-state index is 14.0. The molecule has 9 heteroatoms. The molecule has 8 nitrogen and oxygen atoms in total. The van der Waals surface area contributed by atoms with Gasteiger partial charge < -0.3 is 9.84 Å². The molecule has 0 radical (unpaired) electrons. The summed E-state index contributed by atoms with van der Waals surface area (Å²) in [4.78, 5) is 21.7. The number of hydrogen-bond acceptors (Lipinski definition) is 7. The third-order valence-corrected chi connectivity index (χ3v) is 8.34. The van der Waals surface area contributed by atoms with Crippen molar-refractivity contribution in [2.75, 3.05) is 13.7 Å². The summed E-state index contributed by atoms with van der Waals surface area (Å²) >= 11 is 0. The number of aromatic hydroxyl groups is 1. The Kier molecular flexibility index (Phi) is 8.62. The number of ether oxygens (including phenoxy) is 1. The van der Waals surface area contributed by atoms with Crippen LogP contribution in [0.15, 0.2) is 81.3 Å². The summed E-state index contributed by atoms with van der Waals surface area (Å²) in [7, 11) is -2.89. The number of unbranched alkanes of at least 4 members (excludes halogenated alkanes) is 1. The number of pyridine rings is 1. The first kappa shape index (κ1) is 28.2. The highest BCUT2D eigenvalue weighted by molar-refractivity contribution is 7.91. The zero-order chi connectivity index (χ0) is 28.2.